The molecular formula is C15H13Cl2NO2. The minimum Gasteiger partial charge on any atom is -0.483 e. The predicted octanol–water partition coefficient (Wildman–Crippen LogP) is 4.23. The molecule has 104 valence electrons. The van der Waals surface area contributed by atoms with Crippen LogP contribution in [-0.2, 0) is 0 Å². The maximum atomic E-state index is 12.2. The highest BCUT2D eigenvalue weighted by Crippen LogP contribution is 2.24. The second-order valence-electron chi connectivity index (χ2n) is 4.32. The third-order valence-electron chi connectivity index (χ3n) is 2.77. The summed E-state index contributed by atoms with van der Waals surface area (Å²) in [6.07, 6.45) is -0.629. The van der Waals surface area contributed by atoms with Gasteiger partial charge in [-0.3, -0.25) is 4.79 Å². The molecular weight excluding hydrogens is 297 g/mol. The Kier molecular flexibility index (Phi) is 4.53. The van der Waals surface area contributed by atoms with E-state index < -0.39 is 6.10 Å². The third kappa shape index (κ3) is 3.44. The van der Waals surface area contributed by atoms with Gasteiger partial charge >= 0.3 is 0 Å². The molecule has 1 atom stereocenters. The first-order valence-electron chi connectivity index (χ1n) is 5.99. The molecule has 2 aromatic rings. The van der Waals surface area contributed by atoms with E-state index in [0.717, 1.165) is 0 Å². The van der Waals surface area contributed by atoms with Crippen molar-refractivity contribution in [1.29, 1.82) is 0 Å². The van der Waals surface area contributed by atoms with Gasteiger partial charge in [0.15, 0.2) is 6.10 Å². The molecule has 5 heteroatoms. The zero-order valence-electron chi connectivity index (χ0n) is 10.8. The van der Waals surface area contributed by atoms with Gasteiger partial charge < -0.3 is 10.5 Å². The van der Waals surface area contributed by atoms with E-state index in [4.69, 9.17) is 33.7 Å². The fourth-order valence-corrected chi connectivity index (χ4v) is 1.99. The monoisotopic (exact) mass is 309 g/mol. The van der Waals surface area contributed by atoms with Crippen molar-refractivity contribution < 1.29 is 9.53 Å². The molecule has 0 aromatic heterocycles. The average Bonchev–Trinajstić information content (AvgIpc) is 2.43. The van der Waals surface area contributed by atoms with Crippen LogP contribution in [0.2, 0.25) is 10.0 Å². The summed E-state index contributed by atoms with van der Waals surface area (Å²) in [7, 11) is 0. The van der Waals surface area contributed by atoms with Gasteiger partial charge in [-0.2, -0.15) is 0 Å². The van der Waals surface area contributed by atoms with E-state index in [1.807, 2.05) is 0 Å². The number of hydrogen-bond acceptors (Lipinski definition) is 3. The molecule has 0 amide bonds. The van der Waals surface area contributed by atoms with Crippen LogP contribution >= 0.6 is 23.2 Å². The van der Waals surface area contributed by atoms with Crippen molar-refractivity contribution in [3.05, 3.63) is 58.1 Å². The number of anilines is 1. The quantitative estimate of drug-likeness (QED) is 0.679. The van der Waals surface area contributed by atoms with Crippen LogP contribution in [0.3, 0.4) is 0 Å². The van der Waals surface area contributed by atoms with E-state index in [-0.39, 0.29) is 5.78 Å². The molecule has 0 fully saturated rings. The fraction of sp³-hybridized carbons (Fsp3) is 0.133. The lowest BCUT2D eigenvalue weighted by Crippen LogP contribution is -2.23. The SMILES string of the molecule is CC(Oc1ccc(N)cc1)C(=O)c1ccc(Cl)c(Cl)c1. The zero-order chi connectivity index (χ0) is 14.7. The van der Waals surface area contributed by atoms with Crippen LogP contribution in [0.4, 0.5) is 5.69 Å². The van der Waals surface area contributed by atoms with Gasteiger partial charge in [0, 0.05) is 11.3 Å². The molecule has 2 rings (SSSR count). The Hall–Kier alpha value is -1.71. The highest BCUT2D eigenvalue weighted by atomic mass is 35.5. The predicted molar refractivity (Wildman–Crippen MR) is 81.7 cm³/mol. The van der Waals surface area contributed by atoms with E-state index in [1.165, 1.54) is 6.07 Å². The summed E-state index contributed by atoms with van der Waals surface area (Å²) in [5, 5.41) is 0.757. The summed E-state index contributed by atoms with van der Waals surface area (Å²) < 4.78 is 5.57. The molecule has 0 bridgehead atoms. The van der Waals surface area contributed by atoms with E-state index in [1.54, 1.807) is 43.3 Å². The second-order valence-corrected chi connectivity index (χ2v) is 5.14. The van der Waals surface area contributed by atoms with Crippen LogP contribution in [0.5, 0.6) is 5.75 Å². The molecule has 0 saturated carbocycles. The summed E-state index contributed by atoms with van der Waals surface area (Å²) in [4.78, 5) is 12.2. The van der Waals surface area contributed by atoms with Crippen molar-refractivity contribution in [2.75, 3.05) is 5.73 Å². The Bertz CT molecular complexity index is 626. The summed E-state index contributed by atoms with van der Waals surface area (Å²) in [5.74, 6) is 0.417. The molecule has 2 aromatic carbocycles. The maximum absolute atomic E-state index is 12.2. The van der Waals surface area contributed by atoms with Gasteiger partial charge in [0.1, 0.15) is 5.75 Å². The zero-order valence-corrected chi connectivity index (χ0v) is 12.3. The number of carbonyl (C=O) groups excluding carboxylic acids is 1. The minimum absolute atomic E-state index is 0.166. The number of hydrogen-bond donors (Lipinski definition) is 1. The van der Waals surface area contributed by atoms with Crippen molar-refractivity contribution >= 4 is 34.7 Å². The molecule has 0 spiro atoms. The number of nitrogens with two attached hydrogens (primary N) is 1. The molecule has 3 nitrogen and oxygen atoms in total. The molecule has 0 heterocycles. The molecule has 0 radical (unpaired) electrons. The maximum Gasteiger partial charge on any atom is 0.203 e. The first-order valence-corrected chi connectivity index (χ1v) is 6.74. The number of rotatable bonds is 4. The lowest BCUT2D eigenvalue weighted by molar-refractivity contribution is 0.0818. The Labute approximate surface area is 127 Å². The van der Waals surface area contributed by atoms with Crippen LogP contribution in [0, 0.1) is 0 Å². The fourth-order valence-electron chi connectivity index (χ4n) is 1.69. The summed E-state index contributed by atoms with van der Waals surface area (Å²) in [5.41, 5.74) is 6.69. The first-order chi connectivity index (χ1) is 9.47. The number of Topliss-reactive ketones (excluding diaryl/α,β-unsaturated/α-hetero) is 1. The molecule has 1 unspecified atom stereocenters. The Morgan fingerprint density at radius 2 is 1.75 bits per heavy atom. The molecule has 0 aliphatic carbocycles. The largest absolute Gasteiger partial charge is 0.483 e. The van der Waals surface area contributed by atoms with E-state index >= 15 is 0 Å². The summed E-state index contributed by atoms with van der Waals surface area (Å²) >= 11 is 11.7. The summed E-state index contributed by atoms with van der Waals surface area (Å²) in [6.45, 7) is 1.68. The van der Waals surface area contributed by atoms with Gasteiger partial charge in [-0.05, 0) is 49.4 Å². The van der Waals surface area contributed by atoms with Crippen LogP contribution < -0.4 is 10.5 Å². The van der Waals surface area contributed by atoms with Gasteiger partial charge in [-0.1, -0.05) is 23.2 Å². The van der Waals surface area contributed by atoms with Crippen LogP contribution in [-0.4, -0.2) is 11.9 Å². The van der Waals surface area contributed by atoms with E-state index in [0.29, 0.717) is 27.0 Å². The third-order valence-corrected chi connectivity index (χ3v) is 3.51. The highest BCUT2D eigenvalue weighted by Gasteiger charge is 2.17. The second kappa shape index (κ2) is 6.16. The first kappa shape index (κ1) is 14.7. The van der Waals surface area contributed by atoms with Crippen molar-refractivity contribution in [3.8, 4) is 5.75 Å². The van der Waals surface area contributed by atoms with Crippen molar-refractivity contribution in [1.82, 2.24) is 0 Å². The van der Waals surface area contributed by atoms with Crippen molar-refractivity contribution in [2.24, 2.45) is 0 Å². The molecule has 20 heavy (non-hydrogen) atoms. The van der Waals surface area contributed by atoms with Crippen LogP contribution in [0.15, 0.2) is 42.5 Å². The lowest BCUT2D eigenvalue weighted by atomic mass is 10.1. The Morgan fingerprint density at radius 3 is 2.35 bits per heavy atom. The van der Waals surface area contributed by atoms with Crippen molar-refractivity contribution in [2.45, 2.75) is 13.0 Å². The Morgan fingerprint density at radius 1 is 1.10 bits per heavy atom. The minimum atomic E-state index is -0.629. The van der Waals surface area contributed by atoms with Gasteiger partial charge in [-0.25, -0.2) is 0 Å². The van der Waals surface area contributed by atoms with Crippen molar-refractivity contribution in [3.63, 3.8) is 0 Å². The summed E-state index contributed by atoms with van der Waals surface area (Å²) in [6, 6.07) is 11.6. The van der Waals surface area contributed by atoms with Crippen LogP contribution in [0.1, 0.15) is 17.3 Å². The topological polar surface area (TPSA) is 52.3 Å². The average molecular weight is 310 g/mol. The normalized spacial score (nSPS) is 11.9. The van der Waals surface area contributed by atoms with Gasteiger partial charge in [0.05, 0.1) is 10.0 Å². The number of carbonyl (C=O) groups is 1. The Balaban J connectivity index is 2.11. The number of benzene rings is 2. The van der Waals surface area contributed by atoms with Gasteiger partial charge in [0.25, 0.3) is 0 Å². The smallest absolute Gasteiger partial charge is 0.203 e. The lowest BCUT2D eigenvalue weighted by Gasteiger charge is -2.14. The van der Waals surface area contributed by atoms with Gasteiger partial charge in [0.2, 0.25) is 5.78 Å². The van der Waals surface area contributed by atoms with Gasteiger partial charge in [-0.15, -0.1) is 0 Å². The van der Waals surface area contributed by atoms with E-state index in [2.05, 4.69) is 0 Å². The number of halogens is 2. The van der Waals surface area contributed by atoms with E-state index in [9.17, 15) is 4.79 Å². The standard InChI is InChI=1S/C15H13Cl2NO2/c1-9(20-12-5-3-11(18)4-6-12)15(19)10-2-7-13(16)14(17)8-10/h2-9H,18H2,1H3. The number of ether oxygens (including phenoxy) is 1. The number of nitrogen functional groups attached to an aromatic ring is 1. The molecule has 0 saturated heterocycles. The molecule has 0 aliphatic rings. The molecule has 2 N–H and O–H groups in total. The highest BCUT2D eigenvalue weighted by molar-refractivity contribution is 6.42. The number of ketones is 1. The van der Waals surface area contributed by atoms with Crippen LogP contribution in [0.25, 0.3) is 0 Å². The molecule has 0 aliphatic heterocycles.